The van der Waals surface area contributed by atoms with Crippen LogP contribution < -0.4 is 0 Å². The van der Waals surface area contributed by atoms with Crippen molar-refractivity contribution in [3.63, 3.8) is 0 Å². The Hall–Kier alpha value is -1.44. The number of hydrogen-bond acceptors (Lipinski definition) is 4. The molecular weight excluding hydrogens is 277 g/mol. The van der Waals surface area contributed by atoms with E-state index in [1.807, 2.05) is 0 Å². The molecule has 0 amide bonds. The fourth-order valence-corrected chi connectivity index (χ4v) is 0.880. The van der Waals surface area contributed by atoms with Crippen LogP contribution in [0.5, 0.6) is 0 Å². The maximum Gasteiger partial charge on any atom is 0.387 e. The van der Waals surface area contributed by atoms with Crippen LogP contribution in [0.25, 0.3) is 0 Å². The summed E-state index contributed by atoms with van der Waals surface area (Å²) >= 11 is 0. The van der Waals surface area contributed by atoms with Crippen molar-refractivity contribution in [3.05, 3.63) is 0 Å². The lowest BCUT2D eigenvalue weighted by molar-refractivity contribution is -0.313. The molecule has 5 nitrogen and oxygen atoms in total. The number of alkyl halides is 2. The monoisotopic (exact) mass is 277 g/mol. The molecule has 1 fully saturated rings. The fourth-order valence-electron chi connectivity index (χ4n) is 0.880. The molecule has 0 aromatic carbocycles. The predicted molar refractivity (Wildman–Crippen MR) is 30.2 cm³/mol. The first-order valence-corrected chi connectivity index (χ1v) is 3.37. The first-order chi connectivity index (χ1) is 7.60. The zero-order valence-corrected chi connectivity index (χ0v) is 7.14. The second-order valence-electron chi connectivity index (χ2n) is 2.55. The number of hydrogen-bond donors (Lipinski definition) is 0. The van der Waals surface area contributed by atoms with Crippen molar-refractivity contribution < 1.29 is 40.1 Å². The number of hydrazone groups is 1. The lowest BCUT2D eigenvalue weighted by Gasteiger charge is -2.05. The molecule has 1 aliphatic heterocycles. The van der Waals surface area contributed by atoms with Gasteiger partial charge in [-0.2, -0.15) is 18.2 Å². The second kappa shape index (κ2) is 3.80. The molecule has 14 heteroatoms. The molecule has 17 heavy (non-hydrogen) atoms. The van der Waals surface area contributed by atoms with E-state index in [-0.39, 0.29) is 0 Å². The van der Waals surface area contributed by atoms with Crippen LogP contribution in [0.3, 0.4) is 0 Å². The molecule has 100 valence electrons. The van der Waals surface area contributed by atoms with Crippen molar-refractivity contribution >= 4 is 6.09 Å². The molecule has 0 aliphatic carbocycles. The van der Waals surface area contributed by atoms with Crippen molar-refractivity contribution in [1.82, 2.24) is 21.0 Å². The van der Waals surface area contributed by atoms with Crippen molar-refractivity contribution in [2.75, 3.05) is 0 Å². The van der Waals surface area contributed by atoms with Gasteiger partial charge in [0, 0.05) is 5.34 Å². The highest BCUT2D eigenvalue weighted by atomic mass is 19.4. The lowest BCUT2D eigenvalue weighted by Crippen LogP contribution is -2.34. The fraction of sp³-hybridized carbons (Fsp3) is 0.667. The van der Waals surface area contributed by atoms with Gasteiger partial charge in [0.1, 0.15) is 0 Å². The van der Waals surface area contributed by atoms with Gasteiger partial charge in [-0.25, -0.2) is 0 Å². The molecular formula is C3F9N5. The summed E-state index contributed by atoms with van der Waals surface area (Å²) < 4.78 is 108. The number of rotatable bonds is 3. The number of nitrogens with zero attached hydrogens (tertiary/aromatic N) is 5. The van der Waals surface area contributed by atoms with E-state index in [4.69, 9.17) is 0 Å². The summed E-state index contributed by atoms with van der Waals surface area (Å²) in [6, 6.07) is 0. The van der Waals surface area contributed by atoms with Crippen LogP contribution >= 0.6 is 0 Å². The molecule has 0 N–H and O–H groups in total. The molecule has 1 saturated heterocycles. The summed E-state index contributed by atoms with van der Waals surface area (Å²) in [7, 11) is 0. The van der Waals surface area contributed by atoms with Gasteiger partial charge in [-0.1, -0.05) is 26.9 Å². The first kappa shape index (κ1) is 13.6. The third-order valence-electron chi connectivity index (χ3n) is 1.69. The summed E-state index contributed by atoms with van der Waals surface area (Å²) in [5.41, 5.74) is 0. The average Bonchev–Trinajstić information content (AvgIpc) is 2.68. The van der Waals surface area contributed by atoms with Gasteiger partial charge in [0.05, 0.1) is 10.7 Å². The molecule has 0 saturated carbocycles. The van der Waals surface area contributed by atoms with E-state index in [1.165, 1.54) is 0 Å². The Labute approximate surface area is 85.5 Å². The number of amidine groups is 1. The predicted octanol–water partition coefficient (Wildman–Crippen LogP) is 2.00. The summed E-state index contributed by atoms with van der Waals surface area (Å²) in [5, 5.41) is -7.80. The molecule has 0 aromatic rings. The van der Waals surface area contributed by atoms with Gasteiger partial charge in [0.25, 0.3) is 0 Å². The topological polar surface area (TPSA) is 25.1 Å². The summed E-state index contributed by atoms with van der Waals surface area (Å²) in [5.74, 6) is -9.77. The maximum absolute atomic E-state index is 12.9. The van der Waals surface area contributed by atoms with Crippen molar-refractivity contribution in [2.45, 2.75) is 11.8 Å². The standard InChI is InChI=1S/C3F9N5/c4-1(14(7)8)13-15-2(5,16(9)10)3(15,6)17(11)12/b13-1+. The summed E-state index contributed by atoms with van der Waals surface area (Å²) in [4.78, 5) is 0. The van der Waals surface area contributed by atoms with Crippen molar-refractivity contribution in [2.24, 2.45) is 5.10 Å². The van der Waals surface area contributed by atoms with Gasteiger partial charge < -0.3 is 0 Å². The molecule has 0 spiro atoms. The Morgan fingerprint density at radius 2 is 1.24 bits per heavy atom. The van der Waals surface area contributed by atoms with Gasteiger partial charge in [-0.05, 0) is 0 Å². The van der Waals surface area contributed by atoms with Gasteiger partial charge in [0.2, 0.25) is 0 Å². The van der Waals surface area contributed by atoms with E-state index in [9.17, 15) is 40.1 Å². The maximum atomic E-state index is 12.9. The van der Waals surface area contributed by atoms with Crippen LogP contribution in [-0.4, -0.2) is 39.0 Å². The smallest absolute Gasteiger partial charge is 0.186 e. The first-order valence-electron chi connectivity index (χ1n) is 3.37. The Morgan fingerprint density at radius 1 is 0.882 bits per heavy atom. The molecule has 0 aromatic heterocycles. The van der Waals surface area contributed by atoms with Crippen LogP contribution in [-0.2, 0) is 0 Å². The van der Waals surface area contributed by atoms with E-state index < -0.39 is 39.0 Å². The Bertz CT molecular complexity index is 313. The van der Waals surface area contributed by atoms with Gasteiger partial charge in [0.15, 0.2) is 0 Å². The van der Waals surface area contributed by atoms with E-state index in [2.05, 4.69) is 0 Å². The highest BCUT2D eigenvalue weighted by molar-refractivity contribution is 5.69. The SMILES string of the molecule is F/C(=N\N1C(F)(N(F)F)C1(F)N(F)F)N(F)F. The Morgan fingerprint density at radius 3 is 1.47 bits per heavy atom. The van der Waals surface area contributed by atoms with Crippen molar-refractivity contribution in [1.29, 1.82) is 0 Å². The number of halogens is 9. The molecule has 0 bridgehead atoms. The zero-order chi connectivity index (χ0) is 13.6. The van der Waals surface area contributed by atoms with Gasteiger partial charge >= 0.3 is 17.9 Å². The second-order valence-corrected chi connectivity index (χ2v) is 2.55. The third kappa shape index (κ3) is 1.63. The normalized spacial score (nSPS) is 33.6. The molecule has 1 heterocycles. The van der Waals surface area contributed by atoms with Gasteiger partial charge in [-0.3, -0.25) is 0 Å². The minimum atomic E-state index is -4.89. The van der Waals surface area contributed by atoms with Crippen LogP contribution in [0, 0.1) is 0 Å². The molecule has 2 atom stereocenters. The highest BCUT2D eigenvalue weighted by Gasteiger charge is 2.91. The van der Waals surface area contributed by atoms with Crippen LogP contribution in [0.15, 0.2) is 5.10 Å². The molecule has 1 rings (SSSR count). The third-order valence-corrected chi connectivity index (χ3v) is 1.69. The van der Waals surface area contributed by atoms with E-state index in [0.717, 1.165) is 0 Å². The summed E-state index contributed by atoms with van der Waals surface area (Å²) in [6.07, 6.45) is -2.96. The zero-order valence-electron chi connectivity index (χ0n) is 7.14. The highest BCUT2D eigenvalue weighted by Crippen LogP contribution is 2.59. The lowest BCUT2D eigenvalue weighted by atomic mass is 10.6. The van der Waals surface area contributed by atoms with Crippen molar-refractivity contribution in [3.8, 4) is 0 Å². The molecule has 1 aliphatic rings. The minimum Gasteiger partial charge on any atom is -0.186 e. The van der Waals surface area contributed by atoms with E-state index in [1.54, 1.807) is 5.10 Å². The minimum absolute atomic E-state index is 1.53. The van der Waals surface area contributed by atoms with E-state index >= 15 is 0 Å². The quantitative estimate of drug-likeness (QED) is 0.197. The molecule has 0 radical (unpaired) electrons. The summed E-state index contributed by atoms with van der Waals surface area (Å²) in [6.45, 7) is 0. The van der Waals surface area contributed by atoms with Crippen LogP contribution in [0.2, 0.25) is 0 Å². The average molecular weight is 277 g/mol. The van der Waals surface area contributed by atoms with Gasteiger partial charge in [-0.15, -0.1) is 5.10 Å². The van der Waals surface area contributed by atoms with Crippen LogP contribution in [0.4, 0.5) is 40.1 Å². The van der Waals surface area contributed by atoms with E-state index in [0.29, 0.717) is 0 Å². The van der Waals surface area contributed by atoms with Crippen LogP contribution in [0.1, 0.15) is 0 Å². The Kier molecular flexibility index (Phi) is 3.04. The largest absolute Gasteiger partial charge is 0.387 e. The Balaban J connectivity index is 3.06. The molecule has 2 unspecified atom stereocenters.